The van der Waals surface area contributed by atoms with Gasteiger partial charge in [0.2, 0.25) is 0 Å². The minimum Gasteiger partial charge on any atom is -0.406 e. The lowest BCUT2D eigenvalue weighted by atomic mass is 9.88. The molecule has 27 heavy (non-hydrogen) atoms. The Hall–Kier alpha value is -2.95. The largest absolute Gasteiger partial charge is 0.573 e. The molecule has 5 heteroatoms. The molecule has 0 aliphatic carbocycles. The van der Waals surface area contributed by atoms with Crippen molar-refractivity contribution in [3.8, 4) is 16.9 Å². The van der Waals surface area contributed by atoms with E-state index in [-0.39, 0.29) is 11.8 Å². The number of benzene rings is 2. The van der Waals surface area contributed by atoms with E-state index in [1.807, 2.05) is 30.4 Å². The van der Waals surface area contributed by atoms with Crippen molar-refractivity contribution in [3.05, 3.63) is 85.0 Å². The highest BCUT2D eigenvalue weighted by atomic mass is 19.4. The number of halogens is 3. The van der Waals surface area contributed by atoms with E-state index >= 15 is 0 Å². The quantitative estimate of drug-likeness (QED) is 0.625. The van der Waals surface area contributed by atoms with Crippen LogP contribution in [0.1, 0.15) is 12.0 Å². The molecule has 0 radical (unpaired) electrons. The van der Waals surface area contributed by atoms with E-state index in [1.165, 1.54) is 12.1 Å². The Morgan fingerprint density at radius 3 is 2.63 bits per heavy atom. The maximum atomic E-state index is 12.5. The van der Waals surface area contributed by atoms with Crippen LogP contribution in [0, 0.1) is 0 Å². The van der Waals surface area contributed by atoms with Crippen LogP contribution in [0.3, 0.4) is 0 Å². The molecule has 1 aliphatic rings. The van der Waals surface area contributed by atoms with Gasteiger partial charge in [-0.2, -0.15) is 0 Å². The van der Waals surface area contributed by atoms with Crippen molar-refractivity contribution in [2.24, 2.45) is 0 Å². The fraction of sp³-hybridized carbons (Fsp3) is 0.182. The number of hydrogen-bond acceptors (Lipinski definition) is 2. The van der Waals surface area contributed by atoms with Crippen molar-refractivity contribution < 1.29 is 17.9 Å². The molecule has 1 atom stereocenters. The zero-order chi connectivity index (χ0) is 19.4. The minimum atomic E-state index is -4.71. The maximum absolute atomic E-state index is 12.5. The second-order valence-electron chi connectivity index (χ2n) is 6.25. The summed E-state index contributed by atoms with van der Waals surface area (Å²) in [5.41, 5.74) is 4.71. The van der Waals surface area contributed by atoms with Crippen molar-refractivity contribution in [3.63, 3.8) is 0 Å². The average Bonchev–Trinajstić information content (AvgIpc) is 2.64. The average molecular weight is 371 g/mol. The fourth-order valence-corrected chi connectivity index (χ4v) is 3.38. The number of rotatable bonds is 5. The highest BCUT2D eigenvalue weighted by Gasteiger charge is 2.31. The van der Waals surface area contributed by atoms with Gasteiger partial charge >= 0.3 is 6.36 Å². The first kappa shape index (κ1) is 18.8. The van der Waals surface area contributed by atoms with Crippen molar-refractivity contribution >= 4 is 5.69 Å². The maximum Gasteiger partial charge on any atom is 0.573 e. The number of nitrogens with one attached hydrogen (secondary N) is 1. The van der Waals surface area contributed by atoms with Crippen LogP contribution in [-0.4, -0.2) is 12.4 Å². The number of alkyl halides is 3. The van der Waals surface area contributed by atoms with Gasteiger partial charge in [-0.3, -0.25) is 0 Å². The number of hydrogen-bond donors (Lipinski definition) is 1. The molecule has 2 aromatic rings. The third-order valence-electron chi connectivity index (χ3n) is 4.52. The van der Waals surface area contributed by atoms with Gasteiger partial charge in [-0.15, -0.1) is 13.2 Å². The van der Waals surface area contributed by atoms with Crippen LogP contribution in [0.4, 0.5) is 18.9 Å². The van der Waals surface area contributed by atoms with E-state index in [4.69, 9.17) is 0 Å². The number of fused-ring (bicyclic) bond motifs is 1. The molecule has 1 heterocycles. The monoisotopic (exact) mass is 371 g/mol. The molecule has 1 aliphatic heterocycles. The van der Waals surface area contributed by atoms with Gasteiger partial charge < -0.3 is 10.1 Å². The Kier molecular flexibility index (Phi) is 5.40. The van der Waals surface area contributed by atoms with Gasteiger partial charge in [0.25, 0.3) is 0 Å². The van der Waals surface area contributed by atoms with Gasteiger partial charge in [0.1, 0.15) is 5.75 Å². The smallest absolute Gasteiger partial charge is 0.406 e. The standard InChI is InChI=1S/C22H20F3NO/c1-3-7-15(4-2)20-13-12-19-18(10-6-11-21(19)26-20)16-8-5-9-17(14-16)27-22(23,24)25/h3-11,14,20,26H,1-2,12-13H2/b15-7+. The van der Waals surface area contributed by atoms with Gasteiger partial charge in [0.15, 0.2) is 0 Å². The van der Waals surface area contributed by atoms with Gasteiger partial charge in [0, 0.05) is 5.69 Å². The lowest BCUT2D eigenvalue weighted by Crippen LogP contribution is -2.27. The van der Waals surface area contributed by atoms with E-state index < -0.39 is 6.36 Å². The highest BCUT2D eigenvalue weighted by Crippen LogP contribution is 2.37. The van der Waals surface area contributed by atoms with Gasteiger partial charge in [-0.05, 0) is 53.3 Å². The molecular weight excluding hydrogens is 351 g/mol. The zero-order valence-corrected chi connectivity index (χ0v) is 14.7. The third-order valence-corrected chi connectivity index (χ3v) is 4.52. The van der Waals surface area contributed by atoms with Crippen LogP contribution < -0.4 is 10.1 Å². The molecule has 3 rings (SSSR count). The van der Waals surface area contributed by atoms with Crippen LogP contribution in [-0.2, 0) is 6.42 Å². The summed E-state index contributed by atoms with van der Waals surface area (Å²) in [4.78, 5) is 0. The fourth-order valence-electron chi connectivity index (χ4n) is 3.38. The second-order valence-corrected chi connectivity index (χ2v) is 6.25. The Balaban J connectivity index is 1.93. The summed E-state index contributed by atoms with van der Waals surface area (Å²) in [6, 6.07) is 12.0. The number of ether oxygens (including phenoxy) is 1. The summed E-state index contributed by atoms with van der Waals surface area (Å²) in [5, 5.41) is 3.50. The number of anilines is 1. The molecule has 0 saturated carbocycles. The second kappa shape index (κ2) is 7.74. The predicted molar refractivity (Wildman–Crippen MR) is 103 cm³/mol. The first-order valence-electron chi connectivity index (χ1n) is 8.61. The predicted octanol–water partition coefficient (Wildman–Crippen LogP) is 6.28. The van der Waals surface area contributed by atoms with Crippen LogP contribution in [0.2, 0.25) is 0 Å². The summed E-state index contributed by atoms with van der Waals surface area (Å²) in [6.07, 6.45) is 2.42. The van der Waals surface area contributed by atoms with E-state index in [9.17, 15) is 13.2 Å². The molecule has 0 saturated heterocycles. The Morgan fingerprint density at radius 1 is 1.15 bits per heavy atom. The van der Waals surface area contributed by atoms with E-state index in [1.54, 1.807) is 18.2 Å². The molecule has 0 spiro atoms. The van der Waals surface area contributed by atoms with Crippen LogP contribution >= 0.6 is 0 Å². The molecular formula is C22H20F3NO. The SMILES string of the molecule is C=C/C=C(\C=C)C1CCc2c(cccc2-c2cccc(OC(F)(F)F)c2)N1. The molecule has 0 aromatic heterocycles. The van der Waals surface area contributed by atoms with E-state index in [0.717, 1.165) is 35.2 Å². The van der Waals surface area contributed by atoms with E-state index in [0.29, 0.717) is 5.56 Å². The van der Waals surface area contributed by atoms with Crippen molar-refractivity contribution in [2.45, 2.75) is 25.2 Å². The van der Waals surface area contributed by atoms with Gasteiger partial charge in [0.05, 0.1) is 6.04 Å². The summed E-state index contributed by atoms with van der Waals surface area (Å²) >= 11 is 0. The Morgan fingerprint density at radius 2 is 1.93 bits per heavy atom. The van der Waals surface area contributed by atoms with Crippen LogP contribution in [0.25, 0.3) is 11.1 Å². The lowest BCUT2D eigenvalue weighted by Gasteiger charge is -2.29. The summed E-state index contributed by atoms with van der Waals surface area (Å²) in [7, 11) is 0. The molecule has 0 fully saturated rings. The first-order valence-corrected chi connectivity index (χ1v) is 8.61. The molecule has 0 bridgehead atoms. The molecule has 1 N–H and O–H groups in total. The first-order chi connectivity index (χ1) is 12.9. The molecule has 140 valence electrons. The topological polar surface area (TPSA) is 21.3 Å². The van der Waals surface area contributed by atoms with Crippen LogP contribution in [0.5, 0.6) is 5.75 Å². The summed E-state index contributed by atoms with van der Waals surface area (Å²) in [6.45, 7) is 7.58. The van der Waals surface area contributed by atoms with E-state index in [2.05, 4.69) is 23.2 Å². The van der Waals surface area contributed by atoms with Gasteiger partial charge in [-0.25, -0.2) is 0 Å². The van der Waals surface area contributed by atoms with Crippen molar-refractivity contribution in [1.82, 2.24) is 0 Å². The Bertz CT molecular complexity index is 883. The normalized spacial score (nSPS) is 16.9. The number of allylic oxidation sites excluding steroid dienone is 2. The minimum absolute atomic E-state index is 0.128. The van der Waals surface area contributed by atoms with Crippen molar-refractivity contribution in [2.75, 3.05) is 5.32 Å². The Labute approximate surface area is 156 Å². The zero-order valence-electron chi connectivity index (χ0n) is 14.7. The lowest BCUT2D eigenvalue weighted by molar-refractivity contribution is -0.274. The summed E-state index contributed by atoms with van der Waals surface area (Å²) < 4.78 is 41.6. The van der Waals surface area contributed by atoms with Crippen molar-refractivity contribution in [1.29, 1.82) is 0 Å². The molecule has 2 aromatic carbocycles. The molecule has 1 unspecified atom stereocenters. The van der Waals surface area contributed by atoms with Gasteiger partial charge in [-0.1, -0.05) is 55.7 Å². The third kappa shape index (κ3) is 4.42. The summed E-state index contributed by atoms with van der Waals surface area (Å²) in [5.74, 6) is -0.220. The highest BCUT2D eigenvalue weighted by molar-refractivity contribution is 5.76. The van der Waals surface area contributed by atoms with Crippen LogP contribution in [0.15, 0.2) is 79.4 Å². The molecule has 0 amide bonds. The molecule has 2 nitrogen and oxygen atoms in total.